The van der Waals surface area contributed by atoms with Crippen LogP contribution in [0.2, 0.25) is 0 Å². The van der Waals surface area contributed by atoms with Crippen molar-refractivity contribution in [3.05, 3.63) is 162 Å². The van der Waals surface area contributed by atoms with E-state index in [1.807, 2.05) is 0 Å². The van der Waals surface area contributed by atoms with E-state index in [4.69, 9.17) is 0 Å². The monoisotopic (exact) mass is 685 g/mol. The van der Waals surface area contributed by atoms with Crippen LogP contribution >= 0.6 is 0 Å². The average Bonchev–Trinajstić information content (AvgIpc) is 3.84. The normalized spacial score (nSPS) is 26.3. The van der Waals surface area contributed by atoms with Crippen molar-refractivity contribution >= 4 is 17.1 Å². The molecular weight excluding hydrogens is 639 g/mol. The maximum atomic E-state index is 2.67. The highest BCUT2D eigenvalue weighted by atomic mass is 15.1. The predicted molar refractivity (Wildman–Crippen MR) is 219 cm³/mol. The average molecular weight is 686 g/mol. The summed E-state index contributed by atoms with van der Waals surface area (Å²) in [5.41, 5.74) is 18.8. The van der Waals surface area contributed by atoms with Gasteiger partial charge in [0.05, 0.1) is 0 Å². The van der Waals surface area contributed by atoms with Gasteiger partial charge in [0.15, 0.2) is 0 Å². The van der Waals surface area contributed by atoms with E-state index in [2.05, 4.69) is 144 Å². The molecule has 2 spiro atoms. The number of hydrogen-bond acceptors (Lipinski definition) is 1. The van der Waals surface area contributed by atoms with Crippen LogP contribution < -0.4 is 4.90 Å². The molecule has 6 aromatic rings. The molecule has 0 amide bonds. The first kappa shape index (κ1) is 30.6. The van der Waals surface area contributed by atoms with Crippen LogP contribution in [0.4, 0.5) is 17.1 Å². The van der Waals surface area contributed by atoms with Crippen LogP contribution in [0.5, 0.6) is 0 Å². The smallest absolute Gasteiger partial charge is 0.0468 e. The highest BCUT2D eigenvalue weighted by Crippen LogP contribution is 2.68. The fourth-order valence-corrected chi connectivity index (χ4v) is 13.4. The molecule has 0 saturated heterocycles. The molecule has 53 heavy (non-hydrogen) atoms. The molecule has 7 aliphatic rings. The number of benzene rings is 6. The van der Waals surface area contributed by atoms with Crippen molar-refractivity contribution in [2.75, 3.05) is 4.90 Å². The molecule has 5 atom stereocenters. The summed E-state index contributed by atoms with van der Waals surface area (Å²) in [5, 5.41) is 0. The highest BCUT2D eigenvalue weighted by molar-refractivity contribution is 5.90. The zero-order chi connectivity index (χ0) is 34.7. The molecule has 0 aliphatic heterocycles. The maximum Gasteiger partial charge on any atom is 0.0468 e. The predicted octanol–water partition coefficient (Wildman–Crippen LogP) is 13.8. The first-order chi connectivity index (χ1) is 26.2. The summed E-state index contributed by atoms with van der Waals surface area (Å²) in [7, 11) is 0. The van der Waals surface area contributed by atoms with Gasteiger partial charge in [-0.3, -0.25) is 0 Å². The zero-order valence-electron chi connectivity index (χ0n) is 30.6. The van der Waals surface area contributed by atoms with Gasteiger partial charge < -0.3 is 4.90 Å². The lowest BCUT2D eigenvalue weighted by Crippen LogP contribution is -2.48. The molecule has 0 heterocycles. The molecule has 7 aliphatic carbocycles. The van der Waals surface area contributed by atoms with Gasteiger partial charge in [0.1, 0.15) is 0 Å². The Morgan fingerprint density at radius 1 is 0.415 bits per heavy atom. The van der Waals surface area contributed by atoms with Crippen LogP contribution in [0, 0.1) is 23.7 Å². The van der Waals surface area contributed by atoms with Crippen LogP contribution in [0.25, 0.3) is 33.4 Å². The lowest BCUT2D eigenvalue weighted by Gasteiger charge is -2.53. The highest BCUT2D eigenvalue weighted by Gasteiger charge is 2.59. The first-order valence-corrected chi connectivity index (χ1v) is 20.7. The van der Waals surface area contributed by atoms with E-state index in [-0.39, 0.29) is 10.8 Å². The summed E-state index contributed by atoms with van der Waals surface area (Å²) in [6, 6.07) is 54.2. The Kier molecular flexibility index (Phi) is 6.53. The van der Waals surface area contributed by atoms with Gasteiger partial charge in [0.25, 0.3) is 0 Å². The molecule has 5 saturated carbocycles. The molecule has 4 bridgehead atoms. The SMILES string of the molecule is c1ccc(-c2cccc(N(c3ccc4c(c3)-c3ccccc3C43CCCC3)c3ccc4c(c3)C3(c5ccccc5-4)C4CCC5CC3C[C@@H](C5)C4)c2)cc1. The minimum atomic E-state index is 0.122. The number of fused-ring (bicyclic) bond motifs is 9. The molecule has 5 fully saturated rings. The molecule has 13 rings (SSSR count). The van der Waals surface area contributed by atoms with E-state index in [0.29, 0.717) is 0 Å². The minimum absolute atomic E-state index is 0.122. The van der Waals surface area contributed by atoms with Crippen LogP contribution in [-0.2, 0) is 10.8 Å². The van der Waals surface area contributed by atoms with Gasteiger partial charge in [-0.05, 0) is 161 Å². The van der Waals surface area contributed by atoms with Gasteiger partial charge in [-0.1, -0.05) is 122 Å². The lowest BCUT2D eigenvalue weighted by molar-refractivity contribution is 0.0618. The zero-order valence-corrected chi connectivity index (χ0v) is 30.6. The Hall–Kier alpha value is -4.88. The Morgan fingerprint density at radius 3 is 1.92 bits per heavy atom. The number of hydrogen-bond donors (Lipinski definition) is 0. The third-order valence-electron chi connectivity index (χ3n) is 15.3. The quantitative estimate of drug-likeness (QED) is 0.179. The largest absolute Gasteiger partial charge is 0.310 e. The number of nitrogens with zero attached hydrogens (tertiary/aromatic N) is 1. The van der Waals surface area contributed by atoms with Gasteiger partial charge in [-0.25, -0.2) is 0 Å². The van der Waals surface area contributed by atoms with Gasteiger partial charge in [0, 0.05) is 27.9 Å². The Morgan fingerprint density at radius 2 is 1.06 bits per heavy atom. The van der Waals surface area contributed by atoms with Crippen molar-refractivity contribution in [2.45, 2.75) is 75.0 Å². The van der Waals surface area contributed by atoms with Crippen LogP contribution in [0.3, 0.4) is 0 Å². The van der Waals surface area contributed by atoms with Crippen molar-refractivity contribution in [3.63, 3.8) is 0 Å². The standard InChI is InChI=1S/C52H47N/c1-2-11-36(12-3-1)37-13-10-14-40(31-37)53(41-22-24-48-46(32-41)44-16-4-6-17-47(44)51(48)25-8-9-26-51)42-21-23-45-43-15-5-7-18-49(43)52(50(45)33-42)38-20-19-34-27-35(29-38)30-39(52)28-34/h1-7,10-18,21-24,31-35,38-39H,8-9,19-20,25-30H2/t34?,35-,38?,39?,52?/m0/s1. The van der Waals surface area contributed by atoms with Crippen molar-refractivity contribution < 1.29 is 0 Å². The molecule has 1 heteroatoms. The third kappa shape index (κ3) is 4.20. The molecule has 0 radical (unpaired) electrons. The third-order valence-corrected chi connectivity index (χ3v) is 15.3. The molecule has 0 aromatic heterocycles. The Labute approximate surface area is 314 Å². The Balaban J connectivity index is 1.08. The first-order valence-electron chi connectivity index (χ1n) is 20.7. The van der Waals surface area contributed by atoms with Gasteiger partial charge in [-0.2, -0.15) is 0 Å². The van der Waals surface area contributed by atoms with Crippen LogP contribution in [0.15, 0.2) is 140 Å². The summed E-state index contributed by atoms with van der Waals surface area (Å²) in [6.45, 7) is 0. The molecular formula is C52H47N. The summed E-state index contributed by atoms with van der Waals surface area (Å²) < 4.78 is 0. The van der Waals surface area contributed by atoms with Crippen molar-refractivity contribution in [1.29, 1.82) is 0 Å². The summed E-state index contributed by atoms with van der Waals surface area (Å²) in [5.74, 6) is 3.30. The summed E-state index contributed by atoms with van der Waals surface area (Å²) in [6.07, 6.45) is 13.6. The molecule has 6 aromatic carbocycles. The van der Waals surface area contributed by atoms with Gasteiger partial charge in [0.2, 0.25) is 0 Å². The second-order valence-electron chi connectivity index (χ2n) is 17.6. The van der Waals surface area contributed by atoms with E-state index < -0.39 is 0 Å². The molecule has 1 nitrogen and oxygen atoms in total. The fourth-order valence-electron chi connectivity index (χ4n) is 13.4. The van der Waals surface area contributed by atoms with Crippen LogP contribution in [-0.4, -0.2) is 0 Å². The summed E-state index contributed by atoms with van der Waals surface area (Å²) in [4.78, 5) is 2.59. The molecule has 0 N–H and O–H groups in total. The maximum absolute atomic E-state index is 2.67. The van der Waals surface area contributed by atoms with E-state index in [0.717, 1.165) is 23.7 Å². The van der Waals surface area contributed by atoms with Crippen molar-refractivity contribution in [1.82, 2.24) is 0 Å². The van der Waals surface area contributed by atoms with E-state index >= 15 is 0 Å². The van der Waals surface area contributed by atoms with Crippen LogP contribution in [0.1, 0.15) is 86.5 Å². The topological polar surface area (TPSA) is 3.24 Å². The van der Waals surface area contributed by atoms with Crippen molar-refractivity contribution in [3.8, 4) is 33.4 Å². The Bertz CT molecular complexity index is 2400. The number of rotatable bonds is 4. The fraction of sp³-hybridized carbons (Fsp3) is 0.308. The lowest BCUT2D eigenvalue weighted by atomic mass is 9.51. The van der Waals surface area contributed by atoms with Crippen molar-refractivity contribution in [2.24, 2.45) is 23.7 Å². The van der Waals surface area contributed by atoms with E-state index in [1.54, 1.807) is 22.3 Å². The molecule has 4 unspecified atom stereocenters. The minimum Gasteiger partial charge on any atom is -0.310 e. The number of anilines is 3. The second kappa shape index (κ2) is 11.3. The van der Waals surface area contributed by atoms with Gasteiger partial charge >= 0.3 is 0 Å². The van der Waals surface area contributed by atoms with E-state index in [1.165, 1.54) is 115 Å². The summed E-state index contributed by atoms with van der Waals surface area (Å²) >= 11 is 0. The second-order valence-corrected chi connectivity index (χ2v) is 17.6. The molecule has 260 valence electrons. The van der Waals surface area contributed by atoms with E-state index in [9.17, 15) is 0 Å². The van der Waals surface area contributed by atoms with Gasteiger partial charge in [-0.15, -0.1) is 0 Å².